The van der Waals surface area contributed by atoms with Crippen molar-refractivity contribution in [3.8, 4) is 5.75 Å². The smallest absolute Gasteiger partial charge is 0.388 e. The molecule has 0 spiro atoms. The molecule has 8 heteroatoms. The first-order chi connectivity index (χ1) is 14.5. The number of carbonyl (C=O) groups is 2. The van der Waals surface area contributed by atoms with Crippen molar-refractivity contribution in [2.24, 2.45) is 0 Å². The van der Waals surface area contributed by atoms with Crippen LogP contribution >= 0.6 is 0 Å². The third kappa shape index (κ3) is 3.48. The molecule has 4 atom stereocenters. The summed E-state index contributed by atoms with van der Waals surface area (Å²) >= 11 is 0. The zero-order valence-corrected chi connectivity index (χ0v) is 16.9. The maximum atomic E-state index is 12.9. The Labute approximate surface area is 175 Å². The van der Waals surface area contributed by atoms with Gasteiger partial charge in [-0.15, -0.1) is 4.99 Å². The summed E-state index contributed by atoms with van der Waals surface area (Å²) in [6.07, 6.45) is 4.58. The largest absolute Gasteiger partial charge is 0.489 e. The Morgan fingerprint density at radius 2 is 2.00 bits per heavy atom. The number of ether oxygens (including phenoxy) is 1. The summed E-state index contributed by atoms with van der Waals surface area (Å²) in [5, 5.41) is 20.0. The van der Waals surface area contributed by atoms with Crippen molar-refractivity contribution >= 4 is 17.7 Å². The zero-order valence-electron chi connectivity index (χ0n) is 16.9. The molecule has 4 aliphatic rings. The van der Waals surface area contributed by atoms with Gasteiger partial charge in [-0.25, -0.2) is 4.79 Å². The predicted molar refractivity (Wildman–Crippen MR) is 107 cm³/mol. The average Bonchev–Trinajstić information content (AvgIpc) is 3.41. The van der Waals surface area contributed by atoms with Gasteiger partial charge in [0.25, 0.3) is 5.91 Å². The summed E-state index contributed by atoms with van der Waals surface area (Å²) in [7, 11) is 0. The zero-order chi connectivity index (χ0) is 20.8. The van der Waals surface area contributed by atoms with E-state index in [4.69, 9.17) is 4.74 Å². The van der Waals surface area contributed by atoms with Crippen LogP contribution < -0.4 is 9.73 Å². The fourth-order valence-corrected chi connectivity index (χ4v) is 5.35. The molecule has 1 aliphatic carbocycles. The molecule has 3 unspecified atom stereocenters. The van der Waals surface area contributed by atoms with Gasteiger partial charge in [-0.2, -0.15) is 0 Å². The first kappa shape index (κ1) is 19.5. The molecular weight excluding hydrogens is 386 g/mol. The van der Waals surface area contributed by atoms with Crippen LogP contribution in [0.1, 0.15) is 54.4 Å². The molecule has 3 heterocycles. The second-order valence-electron chi connectivity index (χ2n) is 8.83. The number of β-amino-alcohol motifs (C(OH)–C–C–N with tert-alkyl or cyclic N) is 1. The Morgan fingerprint density at radius 3 is 2.77 bits per heavy atom. The molecule has 3 N–H and O–H groups in total. The Morgan fingerprint density at radius 1 is 1.13 bits per heavy atom. The van der Waals surface area contributed by atoms with Crippen LogP contribution in [-0.4, -0.2) is 75.1 Å². The summed E-state index contributed by atoms with van der Waals surface area (Å²) in [5.74, 6) is 0.255. The molecule has 160 valence electrons. The van der Waals surface area contributed by atoms with Gasteiger partial charge in [0.2, 0.25) is 0 Å². The number of carbonyl (C=O) groups excluding carboxylic acids is 2. The summed E-state index contributed by atoms with van der Waals surface area (Å²) in [5.41, 5.74) is 1.51. The Hall–Kier alpha value is -2.45. The van der Waals surface area contributed by atoms with Gasteiger partial charge in [-0.05, 0) is 55.9 Å². The number of likely N-dealkylation sites (tertiary alicyclic amines) is 1. The van der Waals surface area contributed by atoms with E-state index < -0.39 is 6.04 Å². The lowest BCUT2D eigenvalue weighted by Crippen LogP contribution is -2.82. The molecule has 1 aromatic rings. The van der Waals surface area contributed by atoms with E-state index in [1.54, 1.807) is 11.0 Å². The quantitative estimate of drug-likeness (QED) is 0.627. The van der Waals surface area contributed by atoms with Crippen molar-refractivity contribution in [1.29, 1.82) is 0 Å². The summed E-state index contributed by atoms with van der Waals surface area (Å²) in [4.78, 5) is 30.7. The molecule has 1 saturated heterocycles. The summed E-state index contributed by atoms with van der Waals surface area (Å²) in [6.45, 7) is 2.02. The van der Waals surface area contributed by atoms with Gasteiger partial charge in [-0.1, -0.05) is 0 Å². The van der Waals surface area contributed by atoms with Crippen molar-refractivity contribution < 1.29 is 29.5 Å². The van der Waals surface area contributed by atoms with Crippen LogP contribution in [0.3, 0.4) is 0 Å². The van der Waals surface area contributed by atoms with Gasteiger partial charge in [-0.3, -0.25) is 9.69 Å². The Balaban J connectivity index is 1.30. The van der Waals surface area contributed by atoms with Crippen molar-refractivity contribution in [2.45, 2.75) is 69.4 Å². The molecule has 1 aromatic carbocycles. The molecule has 8 nitrogen and oxygen atoms in total. The van der Waals surface area contributed by atoms with E-state index in [1.807, 2.05) is 12.1 Å². The number of benzene rings is 1. The number of aliphatic hydroxyl groups excluding tert-OH is 2. The average molecular weight is 414 g/mol. The third-order valence-corrected chi connectivity index (χ3v) is 6.88. The van der Waals surface area contributed by atoms with Gasteiger partial charge in [0.1, 0.15) is 11.9 Å². The summed E-state index contributed by atoms with van der Waals surface area (Å²) in [6, 6.07) is 5.41. The predicted octanol–water partition coefficient (Wildman–Crippen LogP) is -0.265. The minimum absolute atomic E-state index is 0.0903. The van der Waals surface area contributed by atoms with Gasteiger partial charge < -0.3 is 19.8 Å². The number of hydrogen-bond donors (Lipinski definition) is 3. The SMILES string of the molecule is O=C1CCC(N2Cc3cc(O[C@@H]4CCCC4N4CCC(O)C4)ccc3C2=O)C(O)=[NH+]1. The number of nitrogens with one attached hydrogen (secondary N) is 1. The molecule has 0 bridgehead atoms. The normalized spacial score (nSPS) is 31.9. The van der Waals surface area contributed by atoms with Crippen LogP contribution in [0.2, 0.25) is 0 Å². The Kier molecular flexibility index (Phi) is 4.99. The number of amides is 2. The lowest BCUT2D eigenvalue weighted by Gasteiger charge is -2.29. The van der Waals surface area contributed by atoms with E-state index in [1.165, 1.54) is 0 Å². The first-order valence-electron chi connectivity index (χ1n) is 10.9. The molecule has 3 aliphatic heterocycles. The van der Waals surface area contributed by atoms with Crippen molar-refractivity contribution in [2.75, 3.05) is 13.1 Å². The fourth-order valence-electron chi connectivity index (χ4n) is 5.35. The monoisotopic (exact) mass is 414 g/mol. The second-order valence-corrected chi connectivity index (χ2v) is 8.83. The van der Waals surface area contributed by atoms with Crippen molar-refractivity contribution in [3.05, 3.63) is 29.3 Å². The fraction of sp³-hybridized carbons (Fsp3) is 0.591. The van der Waals surface area contributed by atoms with E-state index in [0.717, 1.165) is 50.1 Å². The first-order valence-corrected chi connectivity index (χ1v) is 10.9. The maximum Gasteiger partial charge on any atom is 0.388 e. The number of hydrogen-bond acceptors (Lipinski definition) is 5. The Bertz CT molecular complexity index is 901. The van der Waals surface area contributed by atoms with Crippen molar-refractivity contribution in [1.82, 2.24) is 9.80 Å². The number of aliphatic hydroxyl groups is 2. The highest BCUT2D eigenvalue weighted by Gasteiger charge is 2.41. The van der Waals surface area contributed by atoms with Gasteiger partial charge >= 0.3 is 11.8 Å². The molecule has 5 rings (SSSR count). The number of nitrogens with zero attached hydrogens (tertiary/aromatic N) is 2. The van der Waals surface area contributed by atoms with E-state index in [9.17, 15) is 19.8 Å². The molecular formula is C22H28N3O5+. The highest BCUT2D eigenvalue weighted by molar-refractivity contribution is 6.01. The topological polar surface area (TPSA) is 104 Å². The van der Waals surface area contributed by atoms with Crippen molar-refractivity contribution in [3.63, 3.8) is 0 Å². The van der Waals surface area contributed by atoms with Gasteiger partial charge in [0.15, 0.2) is 6.04 Å². The molecule has 0 radical (unpaired) electrons. The third-order valence-electron chi connectivity index (χ3n) is 6.88. The molecule has 0 aromatic heterocycles. The highest BCUT2D eigenvalue weighted by Crippen LogP contribution is 2.33. The van der Waals surface area contributed by atoms with Crippen LogP contribution in [0.25, 0.3) is 0 Å². The van der Waals surface area contributed by atoms with Crippen LogP contribution in [0.5, 0.6) is 5.75 Å². The summed E-state index contributed by atoms with van der Waals surface area (Å²) < 4.78 is 6.35. The second kappa shape index (κ2) is 7.67. The van der Waals surface area contributed by atoms with E-state index in [2.05, 4.69) is 9.89 Å². The van der Waals surface area contributed by atoms with E-state index in [0.29, 0.717) is 24.6 Å². The van der Waals surface area contributed by atoms with E-state index >= 15 is 0 Å². The lowest BCUT2D eigenvalue weighted by molar-refractivity contribution is -0.394. The standard InChI is InChI=1S/C22H27N3O5/c26-14-8-9-24(12-14)17-2-1-3-19(17)30-15-4-5-16-13(10-15)11-25(22(16)29)18-6-7-20(27)23-21(18)28/h4-5,10,14,17-19,26H,1-3,6-9,11-12H2,(H,23,27,28)/p+1/t14?,17?,18?,19-/m1/s1. The number of rotatable bonds is 4. The van der Waals surface area contributed by atoms with E-state index in [-0.39, 0.29) is 36.3 Å². The van der Waals surface area contributed by atoms with Gasteiger partial charge in [0.05, 0.1) is 12.5 Å². The minimum Gasteiger partial charge on any atom is -0.489 e. The minimum atomic E-state index is -0.493. The number of fused-ring (bicyclic) bond motifs is 1. The van der Waals surface area contributed by atoms with Gasteiger partial charge in [0, 0.05) is 31.2 Å². The molecule has 2 amide bonds. The van der Waals surface area contributed by atoms with Crippen LogP contribution in [0.15, 0.2) is 18.2 Å². The molecule has 1 saturated carbocycles. The van der Waals surface area contributed by atoms with Crippen LogP contribution in [0, 0.1) is 0 Å². The highest BCUT2D eigenvalue weighted by atomic mass is 16.5. The molecule has 30 heavy (non-hydrogen) atoms. The molecule has 2 fully saturated rings. The lowest BCUT2D eigenvalue weighted by atomic mass is 10.1. The van der Waals surface area contributed by atoms with Crippen LogP contribution in [-0.2, 0) is 11.3 Å². The maximum absolute atomic E-state index is 12.9. The van der Waals surface area contributed by atoms with Crippen LogP contribution in [0.4, 0.5) is 0 Å².